The van der Waals surface area contributed by atoms with Gasteiger partial charge in [-0.05, 0) is 37.3 Å². The third-order valence-corrected chi connectivity index (χ3v) is 5.46. The normalized spacial score (nSPS) is 11.3. The molecule has 2 aromatic rings. The van der Waals surface area contributed by atoms with Gasteiger partial charge in [-0.2, -0.15) is 0 Å². The molecule has 0 aliphatic carbocycles. The molecule has 9 heteroatoms. The van der Waals surface area contributed by atoms with Gasteiger partial charge in [0.05, 0.1) is 37.3 Å². The number of ether oxygens (including phenoxy) is 1. The first-order chi connectivity index (χ1) is 10.7. The molecule has 0 atom stereocenters. The standard InChI is InChI=1S/C14H11Cl4NO3S/c1-2-22-14-4-3-8(5-12(14)18)23(20,21)19-13-7-10(16)9(15)6-11(13)17/h3-7,19H,2H2,1H3. The molecule has 0 heterocycles. The van der Waals surface area contributed by atoms with Crippen molar-refractivity contribution >= 4 is 62.1 Å². The summed E-state index contributed by atoms with van der Waals surface area (Å²) in [5.74, 6) is 0.403. The highest BCUT2D eigenvalue weighted by atomic mass is 35.5. The molecule has 2 aromatic carbocycles. The Morgan fingerprint density at radius 1 is 0.957 bits per heavy atom. The lowest BCUT2D eigenvalue weighted by Gasteiger charge is -2.12. The average Bonchev–Trinajstić information content (AvgIpc) is 2.47. The van der Waals surface area contributed by atoms with Crippen LogP contribution in [0.3, 0.4) is 0 Å². The molecule has 0 aliphatic heterocycles. The lowest BCUT2D eigenvalue weighted by atomic mass is 10.3. The lowest BCUT2D eigenvalue weighted by molar-refractivity contribution is 0.340. The summed E-state index contributed by atoms with van der Waals surface area (Å²) >= 11 is 23.7. The number of halogens is 4. The zero-order valence-corrected chi connectivity index (χ0v) is 15.6. The summed E-state index contributed by atoms with van der Waals surface area (Å²) in [6, 6.07) is 6.84. The molecule has 4 nitrogen and oxygen atoms in total. The number of rotatable bonds is 5. The first kappa shape index (κ1) is 18.5. The minimum Gasteiger partial charge on any atom is -0.492 e. The van der Waals surface area contributed by atoms with Gasteiger partial charge >= 0.3 is 0 Å². The second-order valence-electron chi connectivity index (χ2n) is 4.38. The van der Waals surface area contributed by atoms with Crippen molar-refractivity contribution in [3.8, 4) is 5.75 Å². The molecule has 0 spiro atoms. The summed E-state index contributed by atoms with van der Waals surface area (Å²) < 4.78 is 32.5. The van der Waals surface area contributed by atoms with Gasteiger partial charge in [0.15, 0.2) is 0 Å². The van der Waals surface area contributed by atoms with E-state index in [1.54, 1.807) is 6.92 Å². The summed E-state index contributed by atoms with van der Waals surface area (Å²) in [6.07, 6.45) is 0. The Bertz CT molecular complexity index is 840. The smallest absolute Gasteiger partial charge is 0.261 e. The zero-order chi connectivity index (χ0) is 17.2. The molecule has 23 heavy (non-hydrogen) atoms. The van der Waals surface area contributed by atoms with Gasteiger partial charge in [0.1, 0.15) is 5.75 Å². The van der Waals surface area contributed by atoms with Crippen LogP contribution in [-0.4, -0.2) is 15.0 Å². The number of hydrogen-bond donors (Lipinski definition) is 1. The van der Waals surface area contributed by atoms with Crippen molar-refractivity contribution in [2.24, 2.45) is 0 Å². The van der Waals surface area contributed by atoms with Crippen LogP contribution < -0.4 is 9.46 Å². The fourth-order valence-electron chi connectivity index (χ4n) is 1.73. The maximum atomic E-state index is 12.4. The van der Waals surface area contributed by atoms with Gasteiger partial charge in [0.2, 0.25) is 0 Å². The van der Waals surface area contributed by atoms with E-state index in [0.29, 0.717) is 12.4 Å². The Kier molecular flexibility index (Phi) is 5.92. The van der Waals surface area contributed by atoms with Gasteiger partial charge in [-0.25, -0.2) is 8.42 Å². The van der Waals surface area contributed by atoms with Crippen molar-refractivity contribution in [1.82, 2.24) is 0 Å². The van der Waals surface area contributed by atoms with E-state index in [1.165, 1.54) is 30.3 Å². The SMILES string of the molecule is CCOc1ccc(S(=O)(=O)Nc2cc(Cl)c(Cl)cc2Cl)cc1Cl. The van der Waals surface area contributed by atoms with Gasteiger partial charge in [-0.1, -0.05) is 46.4 Å². The van der Waals surface area contributed by atoms with Gasteiger partial charge in [0.25, 0.3) is 10.0 Å². The largest absolute Gasteiger partial charge is 0.492 e. The van der Waals surface area contributed by atoms with E-state index >= 15 is 0 Å². The summed E-state index contributed by atoms with van der Waals surface area (Å²) in [7, 11) is -3.90. The molecule has 2 rings (SSSR count). The second-order valence-corrected chi connectivity index (χ2v) is 7.69. The number of nitrogens with one attached hydrogen (secondary N) is 1. The van der Waals surface area contributed by atoms with E-state index in [-0.39, 0.29) is 30.7 Å². The van der Waals surface area contributed by atoms with Crippen molar-refractivity contribution in [2.75, 3.05) is 11.3 Å². The molecule has 0 fully saturated rings. The molecule has 0 unspecified atom stereocenters. The first-order valence-corrected chi connectivity index (χ1v) is 9.34. The Labute approximate surface area is 154 Å². The van der Waals surface area contributed by atoms with Crippen LogP contribution in [0.1, 0.15) is 6.92 Å². The molecular weight excluding hydrogens is 404 g/mol. The third kappa shape index (κ3) is 4.37. The molecule has 0 saturated heterocycles. The van der Waals surface area contributed by atoms with Crippen LogP contribution in [0.4, 0.5) is 5.69 Å². The highest BCUT2D eigenvalue weighted by Crippen LogP contribution is 2.34. The summed E-state index contributed by atoms with van der Waals surface area (Å²) in [5, 5.41) is 0.720. The van der Waals surface area contributed by atoms with E-state index in [2.05, 4.69) is 4.72 Å². The fraction of sp³-hybridized carbons (Fsp3) is 0.143. The molecule has 1 N–H and O–H groups in total. The van der Waals surface area contributed by atoms with E-state index in [1.807, 2.05) is 0 Å². The highest BCUT2D eigenvalue weighted by Gasteiger charge is 2.18. The van der Waals surface area contributed by atoms with E-state index < -0.39 is 10.0 Å². The summed E-state index contributed by atoms with van der Waals surface area (Å²) in [5.41, 5.74) is 0.117. The van der Waals surface area contributed by atoms with Crippen LogP contribution in [0.15, 0.2) is 35.2 Å². The molecule has 0 radical (unpaired) electrons. The molecular formula is C14H11Cl4NO3S. The van der Waals surface area contributed by atoms with Crippen LogP contribution in [0.5, 0.6) is 5.75 Å². The van der Waals surface area contributed by atoms with Crippen LogP contribution in [-0.2, 0) is 10.0 Å². The summed E-state index contributed by atoms with van der Waals surface area (Å²) in [4.78, 5) is -0.0342. The third-order valence-electron chi connectivity index (χ3n) is 2.77. The van der Waals surface area contributed by atoms with Gasteiger partial charge in [-0.3, -0.25) is 4.72 Å². The quantitative estimate of drug-likeness (QED) is 0.657. The maximum Gasteiger partial charge on any atom is 0.261 e. The van der Waals surface area contributed by atoms with Crippen LogP contribution in [0.25, 0.3) is 0 Å². The van der Waals surface area contributed by atoms with E-state index in [9.17, 15) is 8.42 Å². The highest BCUT2D eigenvalue weighted by molar-refractivity contribution is 7.92. The minimum absolute atomic E-state index is 0.0342. The minimum atomic E-state index is -3.90. The zero-order valence-electron chi connectivity index (χ0n) is 11.7. The molecule has 0 aliphatic rings. The topological polar surface area (TPSA) is 55.4 Å². The number of benzene rings is 2. The van der Waals surface area contributed by atoms with Crippen molar-refractivity contribution in [3.05, 3.63) is 50.4 Å². The van der Waals surface area contributed by atoms with Crippen LogP contribution >= 0.6 is 46.4 Å². The van der Waals surface area contributed by atoms with Crippen LogP contribution in [0.2, 0.25) is 20.1 Å². The number of sulfonamides is 1. The number of hydrogen-bond acceptors (Lipinski definition) is 3. The van der Waals surface area contributed by atoms with Crippen LogP contribution in [0, 0.1) is 0 Å². The van der Waals surface area contributed by atoms with Crippen molar-refractivity contribution in [1.29, 1.82) is 0 Å². The first-order valence-electron chi connectivity index (χ1n) is 6.34. The van der Waals surface area contributed by atoms with Crippen molar-refractivity contribution < 1.29 is 13.2 Å². The van der Waals surface area contributed by atoms with Gasteiger partial charge in [-0.15, -0.1) is 0 Å². The Balaban J connectivity index is 2.36. The maximum absolute atomic E-state index is 12.4. The van der Waals surface area contributed by atoms with Crippen molar-refractivity contribution in [3.63, 3.8) is 0 Å². The Hall–Kier alpha value is -0.850. The fourth-order valence-corrected chi connectivity index (χ4v) is 3.77. The summed E-state index contributed by atoms with van der Waals surface area (Å²) in [6.45, 7) is 2.22. The average molecular weight is 415 g/mol. The van der Waals surface area contributed by atoms with Gasteiger partial charge in [0, 0.05) is 0 Å². The Morgan fingerprint density at radius 3 is 2.22 bits per heavy atom. The Morgan fingerprint density at radius 2 is 1.61 bits per heavy atom. The second kappa shape index (κ2) is 7.36. The molecule has 0 bridgehead atoms. The van der Waals surface area contributed by atoms with E-state index in [4.69, 9.17) is 51.1 Å². The monoisotopic (exact) mass is 413 g/mol. The van der Waals surface area contributed by atoms with E-state index in [0.717, 1.165) is 0 Å². The molecule has 0 saturated carbocycles. The number of anilines is 1. The predicted octanol–water partition coefficient (Wildman–Crippen LogP) is 5.50. The molecule has 0 amide bonds. The van der Waals surface area contributed by atoms with Gasteiger partial charge < -0.3 is 4.74 Å². The molecule has 124 valence electrons. The lowest BCUT2D eigenvalue weighted by Crippen LogP contribution is -2.13. The predicted molar refractivity (Wildman–Crippen MR) is 94.9 cm³/mol. The molecule has 0 aromatic heterocycles. The van der Waals surface area contributed by atoms with Crippen molar-refractivity contribution in [2.45, 2.75) is 11.8 Å².